The van der Waals surface area contributed by atoms with E-state index in [2.05, 4.69) is 26.5 Å². The van der Waals surface area contributed by atoms with Gasteiger partial charge in [-0.2, -0.15) is 5.10 Å². The number of methoxy groups -OCH3 is 1. The lowest BCUT2D eigenvalue weighted by Crippen LogP contribution is -2.42. The van der Waals surface area contributed by atoms with Crippen LogP contribution in [0.25, 0.3) is 10.9 Å². The fourth-order valence-corrected chi connectivity index (χ4v) is 6.34. The van der Waals surface area contributed by atoms with Crippen LogP contribution in [0.2, 0.25) is 0 Å². The predicted octanol–water partition coefficient (Wildman–Crippen LogP) is 6.36. The summed E-state index contributed by atoms with van der Waals surface area (Å²) in [7, 11) is 1.60. The second-order valence-corrected chi connectivity index (χ2v) is 13.4. The van der Waals surface area contributed by atoms with E-state index in [1.54, 1.807) is 13.2 Å². The van der Waals surface area contributed by atoms with Gasteiger partial charge in [-0.1, -0.05) is 6.07 Å². The number of rotatable bonds is 9. The maximum absolute atomic E-state index is 12.8. The van der Waals surface area contributed by atoms with Gasteiger partial charge in [-0.25, -0.2) is 9.78 Å². The van der Waals surface area contributed by atoms with Gasteiger partial charge in [-0.15, -0.1) is 0 Å². The number of hydrogen-bond acceptors (Lipinski definition) is 7. The molecule has 238 valence electrons. The number of fused-ring (bicyclic) bond motifs is 1. The number of anilines is 1. The van der Waals surface area contributed by atoms with Crippen LogP contribution in [0.5, 0.6) is 5.75 Å². The summed E-state index contributed by atoms with van der Waals surface area (Å²) in [5.41, 5.74) is 2.18. The van der Waals surface area contributed by atoms with Crippen LogP contribution in [-0.4, -0.2) is 70.6 Å². The molecular weight excluding hydrogens is 556 g/mol. The van der Waals surface area contributed by atoms with Gasteiger partial charge in [0.05, 0.1) is 24.4 Å². The maximum atomic E-state index is 12.8. The number of likely N-dealkylation sites (tertiary alicyclic amines) is 1. The van der Waals surface area contributed by atoms with Crippen LogP contribution in [0.15, 0.2) is 36.5 Å². The Kier molecular flexibility index (Phi) is 10.1. The monoisotopic (exact) mass is 604 g/mol. The van der Waals surface area contributed by atoms with E-state index in [1.807, 2.05) is 56.9 Å². The first-order valence-electron chi connectivity index (χ1n) is 16.1. The van der Waals surface area contributed by atoms with Gasteiger partial charge in [0, 0.05) is 36.4 Å². The molecule has 2 aromatic heterocycles. The van der Waals surface area contributed by atoms with Gasteiger partial charge in [0.25, 0.3) is 5.91 Å². The highest BCUT2D eigenvalue weighted by Gasteiger charge is 2.27. The van der Waals surface area contributed by atoms with Gasteiger partial charge in [0.15, 0.2) is 0 Å². The van der Waals surface area contributed by atoms with Crippen molar-refractivity contribution in [2.45, 2.75) is 84.3 Å². The molecule has 2 amide bonds. The van der Waals surface area contributed by atoms with E-state index in [1.165, 1.54) is 12.8 Å². The highest BCUT2D eigenvalue weighted by atomic mass is 16.6. The Morgan fingerprint density at radius 3 is 2.45 bits per heavy atom. The molecule has 3 heterocycles. The molecule has 0 atom stereocenters. The Labute approximate surface area is 260 Å². The standard InChI is InChI=1S/C34H48N6O4/c1-23-7-6-8-28(36-23)32(41)37-30-19-26-22-40(38-29(26)20-31(30)43-5)27-11-9-25(10-12-27)21-35-16-13-24-14-17-39(18-15-24)33(42)44-34(2,3)4/h6-8,19-20,22,24-25,27,35H,9-18,21H2,1-5H3,(H,37,41)/t25-,27-. The molecule has 2 N–H and O–H groups in total. The van der Waals surface area contributed by atoms with E-state index in [0.717, 1.165) is 74.9 Å². The molecule has 1 aliphatic heterocycles. The molecule has 1 aromatic carbocycles. The first kappa shape index (κ1) is 31.8. The van der Waals surface area contributed by atoms with Crippen molar-refractivity contribution >= 4 is 28.6 Å². The molecule has 3 aromatic rings. The number of aryl methyl sites for hydroxylation is 1. The number of carbonyl (C=O) groups excluding carboxylic acids is 2. The number of aromatic nitrogens is 3. The Morgan fingerprint density at radius 2 is 1.77 bits per heavy atom. The van der Waals surface area contributed by atoms with Gasteiger partial charge in [0.1, 0.15) is 17.0 Å². The van der Waals surface area contributed by atoms with Crippen molar-refractivity contribution in [1.82, 2.24) is 25.0 Å². The smallest absolute Gasteiger partial charge is 0.410 e. The van der Waals surface area contributed by atoms with E-state index >= 15 is 0 Å². The Balaban J connectivity index is 1.06. The topological polar surface area (TPSA) is 111 Å². The Bertz CT molecular complexity index is 1430. The predicted molar refractivity (Wildman–Crippen MR) is 172 cm³/mol. The largest absolute Gasteiger partial charge is 0.494 e. The lowest BCUT2D eigenvalue weighted by molar-refractivity contribution is 0.0181. The number of benzene rings is 1. The number of nitrogens with zero attached hydrogens (tertiary/aromatic N) is 4. The van der Waals surface area contributed by atoms with Crippen molar-refractivity contribution < 1.29 is 19.1 Å². The molecular formula is C34H48N6O4. The van der Waals surface area contributed by atoms with E-state index in [0.29, 0.717) is 35.0 Å². The first-order valence-corrected chi connectivity index (χ1v) is 16.1. The van der Waals surface area contributed by atoms with Crippen LogP contribution >= 0.6 is 0 Å². The zero-order valence-electron chi connectivity index (χ0n) is 26.9. The molecule has 0 unspecified atom stereocenters. The molecule has 2 aliphatic rings. The molecule has 1 aliphatic carbocycles. The summed E-state index contributed by atoms with van der Waals surface area (Å²) in [5, 5.41) is 12.5. The summed E-state index contributed by atoms with van der Waals surface area (Å²) >= 11 is 0. The molecule has 10 heteroatoms. The van der Waals surface area contributed by atoms with Crippen molar-refractivity contribution in [1.29, 1.82) is 0 Å². The van der Waals surface area contributed by atoms with Crippen LogP contribution in [0.1, 0.15) is 87.9 Å². The summed E-state index contributed by atoms with van der Waals surface area (Å²) in [6.45, 7) is 11.3. The van der Waals surface area contributed by atoms with Gasteiger partial charge in [-0.3, -0.25) is 9.48 Å². The number of amides is 2. The van der Waals surface area contributed by atoms with Crippen LogP contribution in [-0.2, 0) is 4.74 Å². The normalized spacial score (nSPS) is 19.6. The lowest BCUT2D eigenvalue weighted by atomic mass is 9.86. The summed E-state index contributed by atoms with van der Waals surface area (Å²) in [4.78, 5) is 31.3. The Morgan fingerprint density at radius 1 is 1.02 bits per heavy atom. The quantitative estimate of drug-likeness (QED) is 0.274. The highest BCUT2D eigenvalue weighted by Crippen LogP contribution is 2.35. The summed E-state index contributed by atoms with van der Waals surface area (Å²) in [6.07, 6.45) is 9.72. The van der Waals surface area contributed by atoms with E-state index in [9.17, 15) is 9.59 Å². The third-order valence-electron chi connectivity index (χ3n) is 8.83. The number of hydrogen-bond donors (Lipinski definition) is 2. The van der Waals surface area contributed by atoms with Gasteiger partial charge >= 0.3 is 6.09 Å². The third kappa shape index (κ3) is 8.28. The van der Waals surface area contributed by atoms with Gasteiger partial charge in [0.2, 0.25) is 0 Å². The lowest BCUT2D eigenvalue weighted by Gasteiger charge is -2.33. The molecule has 2 fully saturated rings. The van der Waals surface area contributed by atoms with E-state index in [-0.39, 0.29) is 12.0 Å². The number of carbonyl (C=O) groups is 2. The molecule has 0 spiro atoms. The minimum absolute atomic E-state index is 0.183. The zero-order chi connectivity index (χ0) is 31.3. The summed E-state index contributed by atoms with van der Waals surface area (Å²) in [5.74, 6) is 1.65. The average Bonchev–Trinajstić information content (AvgIpc) is 3.41. The Hall–Kier alpha value is -3.66. The number of nitrogens with one attached hydrogen (secondary N) is 2. The van der Waals surface area contributed by atoms with Crippen LogP contribution in [0.4, 0.5) is 10.5 Å². The third-order valence-corrected chi connectivity index (χ3v) is 8.83. The van der Waals surface area contributed by atoms with Crippen molar-refractivity contribution in [2.24, 2.45) is 11.8 Å². The molecule has 5 rings (SSSR count). The molecule has 1 saturated carbocycles. The average molecular weight is 605 g/mol. The van der Waals surface area contributed by atoms with Gasteiger partial charge in [-0.05, 0) is 116 Å². The van der Waals surface area contributed by atoms with Crippen molar-refractivity contribution in [2.75, 3.05) is 38.6 Å². The highest BCUT2D eigenvalue weighted by molar-refractivity contribution is 6.05. The van der Waals surface area contributed by atoms with Crippen LogP contribution in [0.3, 0.4) is 0 Å². The van der Waals surface area contributed by atoms with E-state index in [4.69, 9.17) is 14.6 Å². The summed E-state index contributed by atoms with van der Waals surface area (Å²) in [6, 6.07) is 9.59. The van der Waals surface area contributed by atoms with Crippen LogP contribution < -0.4 is 15.4 Å². The van der Waals surface area contributed by atoms with Crippen molar-refractivity contribution in [3.8, 4) is 5.75 Å². The molecule has 0 radical (unpaired) electrons. The maximum Gasteiger partial charge on any atom is 0.410 e. The fraction of sp³-hybridized carbons (Fsp3) is 0.588. The minimum atomic E-state index is -0.442. The zero-order valence-corrected chi connectivity index (χ0v) is 26.9. The minimum Gasteiger partial charge on any atom is -0.494 e. The molecule has 1 saturated heterocycles. The number of ether oxygens (including phenoxy) is 2. The SMILES string of the molecule is COc1cc2nn([C@H]3CC[C@H](CNCCC4CCN(C(=O)OC(C)(C)C)CC4)CC3)cc2cc1NC(=O)c1cccc(C)n1. The molecule has 0 bridgehead atoms. The molecule has 10 nitrogen and oxygen atoms in total. The van der Waals surface area contributed by atoms with Gasteiger partial charge < -0.3 is 25.0 Å². The fourth-order valence-electron chi connectivity index (χ4n) is 6.34. The molecule has 44 heavy (non-hydrogen) atoms. The van der Waals surface area contributed by atoms with Crippen molar-refractivity contribution in [3.05, 3.63) is 47.9 Å². The van der Waals surface area contributed by atoms with E-state index < -0.39 is 5.60 Å². The number of pyridine rings is 1. The van der Waals surface area contributed by atoms with Crippen molar-refractivity contribution in [3.63, 3.8) is 0 Å². The first-order chi connectivity index (χ1) is 21.1. The summed E-state index contributed by atoms with van der Waals surface area (Å²) < 4.78 is 13.2. The second-order valence-electron chi connectivity index (χ2n) is 13.4. The second kappa shape index (κ2) is 14.0. The number of piperidine rings is 1. The van der Waals surface area contributed by atoms with Crippen LogP contribution in [0, 0.1) is 18.8 Å².